The van der Waals surface area contributed by atoms with Crippen molar-refractivity contribution in [3.63, 3.8) is 0 Å². The predicted octanol–water partition coefficient (Wildman–Crippen LogP) is 2.73. The summed E-state index contributed by atoms with van der Waals surface area (Å²) in [5.41, 5.74) is -0.145. The van der Waals surface area contributed by atoms with E-state index in [9.17, 15) is 14.4 Å². The summed E-state index contributed by atoms with van der Waals surface area (Å²) in [5.74, 6) is 0.0773. The Kier molecular flexibility index (Phi) is 6.69. The van der Waals surface area contributed by atoms with Crippen molar-refractivity contribution in [1.82, 2.24) is 4.90 Å². The first-order valence-electron chi connectivity index (χ1n) is 10.1. The van der Waals surface area contributed by atoms with E-state index in [1.165, 1.54) is 4.90 Å². The summed E-state index contributed by atoms with van der Waals surface area (Å²) in [5, 5.41) is 2.67. The molecule has 9 nitrogen and oxygen atoms in total. The highest BCUT2D eigenvalue weighted by molar-refractivity contribution is 5.93. The zero-order valence-electron chi connectivity index (χ0n) is 17.6. The van der Waals surface area contributed by atoms with Crippen molar-refractivity contribution in [3.8, 4) is 11.5 Å². The molecule has 2 amide bonds. The summed E-state index contributed by atoms with van der Waals surface area (Å²) >= 11 is 0. The standard InChI is InChI=1S/C21H28N2O7/c1-21(2,3)30-20(26)23-9-4-6-15(23)19(25)29-13-18(24)22-14-7-8-16-17(12-14)28-11-5-10-27-16/h7-8,12,15H,4-6,9-11,13H2,1-3H3,(H,22,24)/t15-/m1/s1. The molecule has 2 aliphatic heterocycles. The maximum absolute atomic E-state index is 12.4. The second-order valence-electron chi connectivity index (χ2n) is 8.20. The molecule has 30 heavy (non-hydrogen) atoms. The van der Waals surface area contributed by atoms with Crippen LogP contribution in [0.4, 0.5) is 10.5 Å². The van der Waals surface area contributed by atoms with Gasteiger partial charge < -0.3 is 24.3 Å². The molecule has 0 unspecified atom stereocenters. The number of amides is 2. The highest BCUT2D eigenvalue weighted by Gasteiger charge is 2.37. The Hall–Kier alpha value is -2.97. The molecule has 0 aliphatic carbocycles. The van der Waals surface area contributed by atoms with Gasteiger partial charge in [-0.3, -0.25) is 9.69 Å². The van der Waals surface area contributed by atoms with E-state index in [2.05, 4.69) is 5.32 Å². The van der Waals surface area contributed by atoms with Gasteiger partial charge in [-0.15, -0.1) is 0 Å². The average Bonchev–Trinajstić information content (AvgIpc) is 3.05. The molecule has 0 bridgehead atoms. The summed E-state index contributed by atoms with van der Waals surface area (Å²) in [6, 6.07) is 4.33. The third-order valence-electron chi connectivity index (χ3n) is 4.53. The molecule has 9 heteroatoms. The van der Waals surface area contributed by atoms with E-state index in [-0.39, 0.29) is 0 Å². The van der Waals surface area contributed by atoms with Gasteiger partial charge in [0.2, 0.25) is 0 Å². The van der Waals surface area contributed by atoms with Crippen molar-refractivity contribution in [1.29, 1.82) is 0 Å². The minimum Gasteiger partial charge on any atom is -0.490 e. The number of hydrogen-bond donors (Lipinski definition) is 1. The average molecular weight is 420 g/mol. The van der Waals surface area contributed by atoms with Crippen LogP contribution >= 0.6 is 0 Å². The van der Waals surface area contributed by atoms with Gasteiger partial charge in [0.15, 0.2) is 18.1 Å². The number of carbonyl (C=O) groups is 3. The number of nitrogens with zero attached hydrogens (tertiary/aromatic N) is 1. The number of benzene rings is 1. The third kappa shape index (κ3) is 5.77. The fraction of sp³-hybridized carbons (Fsp3) is 0.571. The number of likely N-dealkylation sites (tertiary alicyclic amines) is 1. The summed E-state index contributed by atoms with van der Waals surface area (Å²) in [4.78, 5) is 38.3. The number of anilines is 1. The van der Waals surface area contributed by atoms with Gasteiger partial charge in [-0.2, -0.15) is 0 Å². The minimum atomic E-state index is -0.745. The number of hydrogen-bond acceptors (Lipinski definition) is 7. The van der Waals surface area contributed by atoms with Gasteiger partial charge in [0.1, 0.15) is 11.6 Å². The van der Waals surface area contributed by atoms with Gasteiger partial charge in [0.25, 0.3) is 5.91 Å². The first-order chi connectivity index (χ1) is 14.2. The zero-order valence-corrected chi connectivity index (χ0v) is 17.6. The van der Waals surface area contributed by atoms with Crippen LogP contribution in [0.25, 0.3) is 0 Å². The van der Waals surface area contributed by atoms with Crippen LogP contribution in [0.15, 0.2) is 18.2 Å². The molecule has 2 aliphatic rings. The summed E-state index contributed by atoms with van der Waals surface area (Å²) in [7, 11) is 0. The van der Waals surface area contributed by atoms with E-state index in [1.807, 2.05) is 0 Å². The van der Waals surface area contributed by atoms with Gasteiger partial charge in [0, 0.05) is 24.7 Å². The van der Waals surface area contributed by atoms with Gasteiger partial charge in [0.05, 0.1) is 13.2 Å². The van der Waals surface area contributed by atoms with Crippen LogP contribution in [0.3, 0.4) is 0 Å². The maximum atomic E-state index is 12.4. The Bertz CT molecular complexity index is 803. The topological polar surface area (TPSA) is 103 Å². The van der Waals surface area contributed by atoms with E-state index in [0.717, 1.165) is 6.42 Å². The first kappa shape index (κ1) is 21.7. The fourth-order valence-electron chi connectivity index (χ4n) is 3.22. The van der Waals surface area contributed by atoms with E-state index < -0.39 is 36.2 Å². The summed E-state index contributed by atoms with van der Waals surface area (Å²) in [6.45, 7) is 6.37. The van der Waals surface area contributed by atoms with Crippen LogP contribution in [0.1, 0.15) is 40.0 Å². The Morgan fingerprint density at radius 1 is 1.13 bits per heavy atom. The molecule has 2 heterocycles. The lowest BCUT2D eigenvalue weighted by molar-refractivity contribution is -0.151. The number of carbonyl (C=O) groups excluding carboxylic acids is 3. The lowest BCUT2D eigenvalue weighted by atomic mass is 10.2. The maximum Gasteiger partial charge on any atom is 0.411 e. The normalized spacial score (nSPS) is 18.4. The summed E-state index contributed by atoms with van der Waals surface area (Å²) < 4.78 is 21.6. The van der Waals surface area contributed by atoms with Crippen molar-refractivity contribution in [2.24, 2.45) is 0 Å². The van der Waals surface area contributed by atoms with Crippen molar-refractivity contribution < 1.29 is 33.3 Å². The first-order valence-corrected chi connectivity index (χ1v) is 10.1. The van der Waals surface area contributed by atoms with Gasteiger partial charge >= 0.3 is 12.1 Å². The SMILES string of the molecule is CC(C)(C)OC(=O)N1CCC[C@@H]1C(=O)OCC(=O)Nc1ccc2c(c1)OCCCO2. The molecule has 164 valence electrons. The molecule has 3 rings (SSSR count). The van der Waals surface area contributed by atoms with Crippen molar-refractivity contribution in [3.05, 3.63) is 18.2 Å². The van der Waals surface area contributed by atoms with E-state index >= 15 is 0 Å². The van der Waals surface area contributed by atoms with Crippen molar-refractivity contribution in [2.75, 3.05) is 31.7 Å². The smallest absolute Gasteiger partial charge is 0.411 e. The van der Waals surface area contributed by atoms with Gasteiger partial charge in [-0.1, -0.05) is 0 Å². The fourth-order valence-corrected chi connectivity index (χ4v) is 3.22. The number of rotatable bonds is 4. The zero-order chi connectivity index (χ0) is 21.7. The quantitative estimate of drug-likeness (QED) is 0.747. The monoisotopic (exact) mass is 420 g/mol. The minimum absolute atomic E-state index is 0.415. The van der Waals surface area contributed by atoms with Crippen molar-refractivity contribution >= 4 is 23.7 Å². The Labute approximate surface area is 175 Å². The molecule has 1 aromatic carbocycles. The summed E-state index contributed by atoms with van der Waals surface area (Å²) in [6.07, 6.45) is 1.37. The molecule has 0 saturated carbocycles. The molecule has 0 aromatic heterocycles. The number of nitrogens with one attached hydrogen (secondary N) is 1. The molecule has 1 atom stereocenters. The van der Waals surface area contributed by atoms with Crippen LogP contribution in [0, 0.1) is 0 Å². The third-order valence-corrected chi connectivity index (χ3v) is 4.53. The van der Waals surface area contributed by atoms with Gasteiger partial charge in [-0.05, 0) is 45.7 Å². The number of esters is 1. The molecule has 1 N–H and O–H groups in total. The van der Waals surface area contributed by atoms with E-state index in [1.54, 1.807) is 39.0 Å². The predicted molar refractivity (Wildman–Crippen MR) is 108 cm³/mol. The van der Waals surface area contributed by atoms with Crippen LogP contribution in [-0.2, 0) is 19.1 Å². The largest absolute Gasteiger partial charge is 0.490 e. The Balaban J connectivity index is 1.51. The van der Waals surface area contributed by atoms with Crippen LogP contribution in [0.2, 0.25) is 0 Å². The number of ether oxygens (including phenoxy) is 4. The second kappa shape index (κ2) is 9.23. The molecule has 0 spiro atoms. The highest BCUT2D eigenvalue weighted by atomic mass is 16.6. The number of fused-ring (bicyclic) bond motifs is 1. The highest BCUT2D eigenvalue weighted by Crippen LogP contribution is 2.32. The molecule has 1 saturated heterocycles. The molecular formula is C21H28N2O7. The Morgan fingerprint density at radius 2 is 1.87 bits per heavy atom. The van der Waals surface area contributed by atoms with Crippen LogP contribution in [0.5, 0.6) is 11.5 Å². The Morgan fingerprint density at radius 3 is 2.60 bits per heavy atom. The lowest BCUT2D eigenvalue weighted by Crippen LogP contribution is -2.44. The molecule has 1 aromatic rings. The van der Waals surface area contributed by atoms with Crippen molar-refractivity contribution in [2.45, 2.75) is 51.7 Å². The molecular weight excluding hydrogens is 392 g/mol. The van der Waals surface area contributed by atoms with E-state index in [0.29, 0.717) is 49.8 Å². The van der Waals surface area contributed by atoms with Gasteiger partial charge in [-0.25, -0.2) is 9.59 Å². The van der Waals surface area contributed by atoms with E-state index in [4.69, 9.17) is 18.9 Å². The molecule has 0 radical (unpaired) electrons. The lowest BCUT2D eigenvalue weighted by Gasteiger charge is -2.27. The molecule has 1 fully saturated rings. The second-order valence-corrected chi connectivity index (χ2v) is 8.20. The van der Waals surface area contributed by atoms with Crippen LogP contribution < -0.4 is 14.8 Å². The van der Waals surface area contributed by atoms with Crippen LogP contribution in [-0.4, -0.2) is 60.9 Å².